The molecule has 1 saturated carbocycles. The fourth-order valence-electron chi connectivity index (χ4n) is 3.56. The zero-order valence-corrected chi connectivity index (χ0v) is 14.8. The molecule has 1 aliphatic carbocycles. The van der Waals surface area contributed by atoms with Crippen molar-refractivity contribution in [2.45, 2.75) is 25.3 Å². The molecule has 1 amide bonds. The minimum absolute atomic E-state index is 0.185. The van der Waals surface area contributed by atoms with E-state index < -0.39 is 0 Å². The summed E-state index contributed by atoms with van der Waals surface area (Å²) in [7, 11) is 0. The molecule has 1 fully saturated rings. The number of amides is 1. The molecule has 0 unspecified atom stereocenters. The molecule has 6 rings (SSSR count). The highest BCUT2D eigenvalue weighted by molar-refractivity contribution is 5.96. The third-order valence-electron chi connectivity index (χ3n) is 5.14. The van der Waals surface area contributed by atoms with Gasteiger partial charge >= 0.3 is 6.03 Å². The van der Waals surface area contributed by atoms with E-state index in [0.29, 0.717) is 29.9 Å². The molecule has 0 atom stereocenters. The number of aromatic nitrogens is 6. The van der Waals surface area contributed by atoms with Crippen molar-refractivity contribution in [2.24, 2.45) is 0 Å². The van der Waals surface area contributed by atoms with Gasteiger partial charge in [-0.25, -0.2) is 14.8 Å². The number of fused-ring (bicyclic) bond motifs is 3. The van der Waals surface area contributed by atoms with Gasteiger partial charge in [0.1, 0.15) is 18.3 Å². The van der Waals surface area contributed by atoms with Gasteiger partial charge in [0, 0.05) is 18.3 Å². The Kier molecular flexibility index (Phi) is 3.08. The maximum Gasteiger partial charge on any atom is 0.334 e. The molecular weight excluding hydrogens is 358 g/mol. The summed E-state index contributed by atoms with van der Waals surface area (Å²) in [5, 5.41) is 4.12. The molecular formula is C19H15N7O2. The molecule has 2 aliphatic rings. The molecule has 9 heteroatoms. The first-order valence-corrected chi connectivity index (χ1v) is 9.09. The molecule has 0 bridgehead atoms. The van der Waals surface area contributed by atoms with E-state index in [-0.39, 0.29) is 6.03 Å². The Balaban J connectivity index is 1.47. The highest BCUT2D eigenvalue weighted by atomic mass is 16.5. The van der Waals surface area contributed by atoms with Crippen molar-refractivity contribution in [1.29, 1.82) is 0 Å². The second-order valence-electron chi connectivity index (χ2n) is 6.97. The molecule has 9 nitrogen and oxygen atoms in total. The normalized spacial score (nSPS) is 15.4. The minimum atomic E-state index is -0.185. The van der Waals surface area contributed by atoms with Crippen LogP contribution >= 0.6 is 0 Å². The Morgan fingerprint density at radius 2 is 2.00 bits per heavy atom. The smallest absolute Gasteiger partial charge is 0.334 e. The predicted octanol–water partition coefficient (Wildman–Crippen LogP) is 2.98. The molecule has 1 aliphatic heterocycles. The average molecular weight is 373 g/mol. The predicted molar refractivity (Wildman–Crippen MR) is 98.0 cm³/mol. The van der Waals surface area contributed by atoms with E-state index in [4.69, 9.17) is 4.52 Å². The van der Waals surface area contributed by atoms with Crippen molar-refractivity contribution in [3.05, 3.63) is 60.9 Å². The average Bonchev–Trinajstić information content (AvgIpc) is 3.16. The topological polar surface area (TPSA) is 94.9 Å². The van der Waals surface area contributed by atoms with Gasteiger partial charge in [-0.1, -0.05) is 17.3 Å². The number of imidazole rings is 2. The van der Waals surface area contributed by atoms with Crippen LogP contribution in [0, 0.1) is 0 Å². The molecule has 28 heavy (non-hydrogen) atoms. The van der Waals surface area contributed by atoms with Gasteiger partial charge in [-0.15, -0.1) is 0 Å². The van der Waals surface area contributed by atoms with Crippen LogP contribution < -0.4 is 4.90 Å². The molecule has 0 saturated heterocycles. The third kappa shape index (κ3) is 2.22. The van der Waals surface area contributed by atoms with Crippen molar-refractivity contribution in [3.63, 3.8) is 0 Å². The summed E-state index contributed by atoms with van der Waals surface area (Å²) < 4.78 is 8.84. The van der Waals surface area contributed by atoms with Gasteiger partial charge in [-0.3, -0.25) is 14.0 Å². The summed E-state index contributed by atoms with van der Waals surface area (Å²) in [6.07, 6.45) is 8.64. The van der Waals surface area contributed by atoms with E-state index in [1.165, 1.54) is 10.9 Å². The Bertz CT molecular complexity index is 1190. The van der Waals surface area contributed by atoms with E-state index in [1.54, 1.807) is 23.6 Å². The van der Waals surface area contributed by atoms with Crippen molar-refractivity contribution in [1.82, 2.24) is 29.2 Å². The van der Waals surface area contributed by atoms with Crippen LogP contribution in [0.5, 0.6) is 0 Å². The van der Waals surface area contributed by atoms with Crippen LogP contribution in [-0.2, 0) is 6.54 Å². The van der Waals surface area contributed by atoms with E-state index in [2.05, 4.69) is 20.1 Å². The zero-order valence-electron chi connectivity index (χ0n) is 14.8. The largest absolute Gasteiger partial charge is 0.339 e. The highest BCUT2D eigenvalue weighted by Crippen LogP contribution is 2.40. The van der Waals surface area contributed by atoms with E-state index in [1.807, 2.05) is 28.8 Å². The fraction of sp³-hybridized carbons (Fsp3) is 0.211. The summed E-state index contributed by atoms with van der Waals surface area (Å²) in [6, 6.07) is 7.55. The molecule has 0 spiro atoms. The summed E-state index contributed by atoms with van der Waals surface area (Å²) in [5.41, 5.74) is 3.16. The van der Waals surface area contributed by atoms with Crippen LogP contribution in [0.3, 0.4) is 0 Å². The maximum atomic E-state index is 13.1. The number of hydrogen-bond acceptors (Lipinski definition) is 6. The van der Waals surface area contributed by atoms with E-state index >= 15 is 0 Å². The first-order valence-electron chi connectivity index (χ1n) is 9.09. The van der Waals surface area contributed by atoms with E-state index in [0.717, 1.165) is 29.9 Å². The Morgan fingerprint density at radius 3 is 2.79 bits per heavy atom. The molecule has 0 radical (unpaired) electrons. The Hall–Kier alpha value is -3.75. The van der Waals surface area contributed by atoms with Gasteiger partial charge in [0.25, 0.3) is 0 Å². The third-order valence-corrected chi connectivity index (χ3v) is 5.14. The molecule has 3 aromatic heterocycles. The fourth-order valence-corrected chi connectivity index (χ4v) is 3.56. The molecule has 0 N–H and O–H groups in total. The van der Waals surface area contributed by atoms with Crippen molar-refractivity contribution < 1.29 is 9.32 Å². The number of anilines is 1. The number of hydrogen-bond donors (Lipinski definition) is 0. The Labute approximate surface area is 159 Å². The second kappa shape index (κ2) is 5.62. The van der Waals surface area contributed by atoms with Gasteiger partial charge in [0.15, 0.2) is 0 Å². The zero-order chi connectivity index (χ0) is 18.7. The molecule has 138 valence electrons. The number of carbonyl (C=O) groups excluding carboxylic acids is 1. The number of carbonyl (C=O) groups is 1. The number of para-hydroxylation sites is 2. The van der Waals surface area contributed by atoms with Gasteiger partial charge in [-0.05, 0) is 25.0 Å². The second-order valence-corrected chi connectivity index (χ2v) is 6.97. The van der Waals surface area contributed by atoms with Gasteiger partial charge in [-0.2, -0.15) is 4.98 Å². The van der Waals surface area contributed by atoms with Crippen LogP contribution in [0.4, 0.5) is 10.5 Å². The molecule has 4 aromatic rings. The van der Waals surface area contributed by atoms with Gasteiger partial charge in [0.05, 0.1) is 23.6 Å². The first-order chi connectivity index (χ1) is 13.8. The lowest BCUT2D eigenvalue weighted by molar-refractivity contribution is 0.247. The SMILES string of the molecule is O=C(N1Cc2c(-c3noc(C4CC4)n3)ncn2-c2ccccc21)n1ccnc1. The molecule has 1 aromatic carbocycles. The monoisotopic (exact) mass is 373 g/mol. The lowest BCUT2D eigenvalue weighted by Gasteiger charge is -2.30. The van der Waals surface area contributed by atoms with Crippen LogP contribution in [0.1, 0.15) is 30.3 Å². The van der Waals surface area contributed by atoms with Crippen molar-refractivity contribution in [3.8, 4) is 17.2 Å². The quantitative estimate of drug-likeness (QED) is 0.536. The Morgan fingerprint density at radius 1 is 1.14 bits per heavy atom. The summed E-state index contributed by atoms with van der Waals surface area (Å²) in [6.45, 7) is 0.344. The summed E-state index contributed by atoms with van der Waals surface area (Å²) >= 11 is 0. The number of nitrogens with zero attached hydrogens (tertiary/aromatic N) is 7. The lowest BCUT2D eigenvalue weighted by Crippen LogP contribution is -2.37. The van der Waals surface area contributed by atoms with Crippen LogP contribution in [0.2, 0.25) is 0 Å². The number of benzene rings is 1. The van der Waals surface area contributed by atoms with Crippen LogP contribution in [0.15, 0.2) is 53.8 Å². The van der Waals surface area contributed by atoms with Gasteiger partial charge < -0.3 is 4.52 Å². The van der Waals surface area contributed by atoms with Gasteiger partial charge in [0.2, 0.25) is 11.7 Å². The standard InChI is InChI=1S/C19H15N7O2/c27-19(24-8-7-20-10-24)25-9-15-16(17-22-18(28-23-17)12-5-6-12)21-11-26(15)14-4-2-1-3-13(14)25/h1-4,7-8,10-12H,5-6,9H2. The number of rotatable bonds is 2. The highest BCUT2D eigenvalue weighted by Gasteiger charge is 2.33. The minimum Gasteiger partial charge on any atom is -0.339 e. The van der Waals surface area contributed by atoms with Crippen LogP contribution in [-0.4, -0.2) is 35.3 Å². The van der Waals surface area contributed by atoms with Crippen LogP contribution in [0.25, 0.3) is 17.2 Å². The lowest BCUT2D eigenvalue weighted by atomic mass is 10.1. The van der Waals surface area contributed by atoms with E-state index in [9.17, 15) is 4.79 Å². The molecule has 4 heterocycles. The summed E-state index contributed by atoms with van der Waals surface area (Å²) in [4.78, 5) is 27.8. The summed E-state index contributed by atoms with van der Waals surface area (Å²) in [5.74, 6) is 1.50. The van der Waals surface area contributed by atoms with Crippen molar-refractivity contribution >= 4 is 11.7 Å². The first kappa shape index (κ1) is 15.3. The maximum absolute atomic E-state index is 13.1. The van der Waals surface area contributed by atoms with Crippen molar-refractivity contribution in [2.75, 3.05) is 4.90 Å².